The van der Waals surface area contributed by atoms with Crippen LogP contribution in [0.25, 0.3) is 0 Å². The van der Waals surface area contributed by atoms with Crippen LogP contribution in [0.3, 0.4) is 0 Å². The Kier molecular flexibility index (Phi) is 8.07. The van der Waals surface area contributed by atoms with E-state index < -0.39 is 0 Å². The molecule has 2 nitrogen and oxygen atoms in total. The molecule has 0 aromatic rings. The van der Waals surface area contributed by atoms with E-state index in [0.717, 1.165) is 25.7 Å². The molecule has 1 unspecified atom stereocenters. The van der Waals surface area contributed by atoms with Crippen molar-refractivity contribution in [2.45, 2.75) is 31.8 Å². The topological polar surface area (TPSA) is 40.5 Å². The number of rotatable bonds is 7. The van der Waals surface area contributed by atoms with Crippen molar-refractivity contribution >= 4 is 0 Å². The molecule has 0 aliphatic carbocycles. The highest BCUT2D eigenvalue weighted by molar-refractivity contribution is 4.85. The third kappa shape index (κ3) is 7.51. The van der Waals surface area contributed by atoms with E-state index in [4.69, 9.17) is 10.2 Å². The quantitative estimate of drug-likeness (QED) is 0.450. The molecule has 0 aromatic heterocycles. The van der Waals surface area contributed by atoms with Gasteiger partial charge >= 0.3 is 0 Å². The fourth-order valence-corrected chi connectivity index (χ4v) is 0.830. The molecule has 0 aliphatic rings. The van der Waals surface area contributed by atoms with E-state index in [2.05, 4.69) is 6.58 Å². The highest BCUT2D eigenvalue weighted by Gasteiger charge is 1.93. The average Bonchev–Trinajstić information content (AvgIpc) is 2.10. The number of allylic oxidation sites excluding steroid dienone is 2. The van der Waals surface area contributed by atoms with Crippen molar-refractivity contribution in [3.8, 4) is 0 Å². The van der Waals surface area contributed by atoms with Crippen molar-refractivity contribution in [2.75, 3.05) is 6.61 Å². The number of hydrogen-bond acceptors (Lipinski definition) is 2. The molecule has 0 amide bonds. The number of hydrogen-bond donors (Lipinski definition) is 2. The van der Waals surface area contributed by atoms with Gasteiger partial charge in [-0.25, -0.2) is 0 Å². The van der Waals surface area contributed by atoms with Crippen molar-refractivity contribution in [3.63, 3.8) is 0 Å². The van der Waals surface area contributed by atoms with E-state index in [1.54, 1.807) is 6.08 Å². The Bertz CT molecular complexity index is 130. The molecule has 0 heterocycles. The fraction of sp³-hybridized carbons (Fsp3) is 0.600. The summed E-state index contributed by atoms with van der Waals surface area (Å²) in [5.74, 6) is 0. The zero-order valence-corrected chi connectivity index (χ0v) is 7.45. The van der Waals surface area contributed by atoms with Gasteiger partial charge in [0.2, 0.25) is 0 Å². The third-order valence-corrected chi connectivity index (χ3v) is 1.60. The van der Waals surface area contributed by atoms with Gasteiger partial charge in [-0.3, -0.25) is 0 Å². The van der Waals surface area contributed by atoms with Crippen LogP contribution in [0.15, 0.2) is 24.8 Å². The summed E-state index contributed by atoms with van der Waals surface area (Å²) < 4.78 is 0. The minimum atomic E-state index is -0.382. The zero-order valence-electron chi connectivity index (χ0n) is 7.45. The van der Waals surface area contributed by atoms with Gasteiger partial charge in [0.05, 0.1) is 6.10 Å². The molecule has 0 saturated heterocycles. The molecular formula is C10H18O2. The highest BCUT2D eigenvalue weighted by Crippen LogP contribution is 1.99. The van der Waals surface area contributed by atoms with Crippen LogP contribution < -0.4 is 0 Å². The summed E-state index contributed by atoms with van der Waals surface area (Å²) in [6.07, 6.45) is 8.57. The first-order valence-electron chi connectivity index (χ1n) is 4.37. The largest absolute Gasteiger partial charge is 0.396 e. The summed E-state index contributed by atoms with van der Waals surface area (Å²) in [4.78, 5) is 0. The molecule has 0 aromatic carbocycles. The molecule has 0 aliphatic heterocycles. The first-order chi connectivity index (χ1) is 5.81. The summed E-state index contributed by atoms with van der Waals surface area (Å²) >= 11 is 0. The lowest BCUT2D eigenvalue weighted by Crippen LogP contribution is -1.99. The average molecular weight is 170 g/mol. The normalized spacial score (nSPS) is 13.5. The van der Waals surface area contributed by atoms with Gasteiger partial charge in [-0.2, -0.15) is 0 Å². The van der Waals surface area contributed by atoms with E-state index >= 15 is 0 Å². The van der Waals surface area contributed by atoms with Crippen molar-refractivity contribution in [3.05, 3.63) is 24.8 Å². The van der Waals surface area contributed by atoms with E-state index in [1.165, 1.54) is 0 Å². The SMILES string of the molecule is C=CC(O)CCC=CCCCO. The predicted molar refractivity (Wildman–Crippen MR) is 50.9 cm³/mol. The van der Waals surface area contributed by atoms with Crippen LogP contribution in [0, 0.1) is 0 Å². The Balaban J connectivity index is 3.18. The van der Waals surface area contributed by atoms with Gasteiger partial charge in [0.15, 0.2) is 0 Å². The van der Waals surface area contributed by atoms with Crippen molar-refractivity contribution in [1.29, 1.82) is 0 Å². The molecular weight excluding hydrogens is 152 g/mol. The fourth-order valence-electron chi connectivity index (χ4n) is 0.830. The molecule has 70 valence electrons. The van der Waals surface area contributed by atoms with Crippen LogP contribution in [0.4, 0.5) is 0 Å². The molecule has 0 spiro atoms. The minimum absolute atomic E-state index is 0.250. The Morgan fingerprint density at radius 3 is 2.50 bits per heavy atom. The van der Waals surface area contributed by atoms with Crippen LogP contribution >= 0.6 is 0 Å². The second kappa shape index (κ2) is 8.50. The first-order valence-corrected chi connectivity index (χ1v) is 4.37. The summed E-state index contributed by atoms with van der Waals surface area (Å²) in [6, 6.07) is 0. The Morgan fingerprint density at radius 1 is 1.25 bits per heavy atom. The molecule has 0 radical (unpaired) electrons. The predicted octanol–water partition coefficient (Wildman–Crippen LogP) is 1.64. The van der Waals surface area contributed by atoms with Crippen molar-refractivity contribution in [1.82, 2.24) is 0 Å². The van der Waals surface area contributed by atoms with Gasteiger partial charge in [0.1, 0.15) is 0 Å². The summed E-state index contributed by atoms with van der Waals surface area (Å²) in [5.41, 5.74) is 0. The molecule has 1 atom stereocenters. The summed E-state index contributed by atoms with van der Waals surface area (Å²) in [5, 5.41) is 17.5. The van der Waals surface area contributed by atoms with Gasteiger partial charge < -0.3 is 10.2 Å². The van der Waals surface area contributed by atoms with Gasteiger partial charge in [-0.05, 0) is 25.7 Å². The van der Waals surface area contributed by atoms with Gasteiger partial charge in [0, 0.05) is 6.61 Å². The number of aliphatic hydroxyl groups excluding tert-OH is 2. The zero-order chi connectivity index (χ0) is 9.23. The van der Waals surface area contributed by atoms with Crippen molar-refractivity contribution < 1.29 is 10.2 Å². The van der Waals surface area contributed by atoms with Crippen LogP contribution in [0.5, 0.6) is 0 Å². The molecule has 0 fully saturated rings. The molecule has 0 saturated carbocycles. The van der Waals surface area contributed by atoms with Crippen LogP contribution in [0.2, 0.25) is 0 Å². The molecule has 0 rings (SSSR count). The van der Waals surface area contributed by atoms with E-state index in [1.807, 2.05) is 12.2 Å². The van der Waals surface area contributed by atoms with Gasteiger partial charge in [-0.1, -0.05) is 18.2 Å². The maximum Gasteiger partial charge on any atom is 0.0721 e. The minimum Gasteiger partial charge on any atom is -0.396 e. The Morgan fingerprint density at radius 2 is 1.92 bits per heavy atom. The second-order valence-electron chi connectivity index (χ2n) is 2.72. The van der Waals surface area contributed by atoms with Crippen LogP contribution in [-0.4, -0.2) is 22.9 Å². The summed E-state index contributed by atoms with van der Waals surface area (Å²) in [6.45, 7) is 3.73. The standard InChI is InChI=1S/C10H18O2/c1-2-10(12)8-6-4-3-5-7-9-11/h2-4,10-12H,1,5-9H2. The Labute approximate surface area is 74.2 Å². The Hall–Kier alpha value is -0.600. The van der Waals surface area contributed by atoms with Crippen LogP contribution in [0.1, 0.15) is 25.7 Å². The van der Waals surface area contributed by atoms with Crippen molar-refractivity contribution in [2.24, 2.45) is 0 Å². The van der Waals surface area contributed by atoms with E-state index in [0.29, 0.717) is 0 Å². The number of aliphatic hydroxyl groups is 2. The second-order valence-corrected chi connectivity index (χ2v) is 2.72. The van der Waals surface area contributed by atoms with E-state index in [-0.39, 0.29) is 12.7 Å². The van der Waals surface area contributed by atoms with Crippen LogP contribution in [-0.2, 0) is 0 Å². The maximum atomic E-state index is 9.07. The monoisotopic (exact) mass is 170 g/mol. The maximum absolute atomic E-state index is 9.07. The lowest BCUT2D eigenvalue weighted by atomic mass is 10.2. The van der Waals surface area contributed by atoms with E-state index in [9.17, 15) is 0 Å². The van der Waals surface area contributed by atoms with Gasteiger partial charge in [0.25, 0.3) is 0 Å². The lowest BCUT2D eigenvalue weighted by Gasteiger charge is -1.99. The smallest absolute Gasteiger partial charge is 0.0721 e. The summed E-state index contributed by atoms with van der Waals surface area (Å²) in [7, 11) is 0. The molecule has 12 heavy (non-hydrogen) atoms. The molecule has 2 heteroatoms. The third-order valence-electron chi connectivity index (χ3n) is 1.60. The first kappa shape index (κ1) is 11.4. The lowest BCUT2D eigenvalue weighted by molar-refractivity contribution is 0.214. The number of unbranched alkanes of at least 4 members (excludes halogenated alkanes) is 1. The van der Waals surface area contributed by atoms with Gasteiger partial charge in [-0.15, -0.1) is 6.58 Å². The highest BCUT2D eigenvalue weighted by atomic mass is 16.3. The molecule has 0 bridgehead atoms. The molecule has 2 N–H and O–H groups in total.